The van der Waals surface area contributed by atoms with Crippen molar-refractivity contribution in [2.75, 3.05) is 6.54 Å². The van der Waals surface area contributed by atoms with Crippen molar-refractivity contribution < 1.29 is 0 Å². The molecule has 5 heteroatoms. The quantitative estimate of drug-likeness (QED) is 0.693. The minimum atomic E-state index is 0.754. The van der Waals surface area contributed by atoms with Crippen LogP contribution in [0.4, 0.5) is 0 Å². The van der Waals surface area contributed by atoms with Crippen LogP contribution in [0.2, 0.25) is 5.02 Å². The SMILES string of the molecule is S=c1[nH]c2cc(Cl)cc3c2n1CCNC3. The largest absolute Gasteiger partial charge is 0.331 e. The predicted octanol–water partition coefficient (Wildman–Crippen LogP) is 2.46. The zero-order valence-corrected chi connectivity index (χ0v) is 9.58. The zero-order chi connectivity index (χ0) is 10.4. The van der Waals surface area contributed by atoms with Gasteiger partial charge in [0.15, 0.2) is 4.77 Å². The summed E-state index contributed by atoms with van der Waals surface area (Å²) in [5, 5.41) is 4.11. The highest BCUT2D eigenvalue weighted by molar-refractivity contribution is 7.71. The van der Waals surface area contributed by atoms with Crippen LogP contribution >= 0.6 is 23.8 Å². The molecule has 0 saturated carbocycles. The highest BCUT2D eigenvalue weighted by atomic mass is 35.5. The molecule has 0 unspecified atom stereocenters. The van der Waals surface area contributed by atoms with Crippen molar-refractivity contribution in [3.8, 4) is 0 Å². The summed E-state index contributed by atoms with van der Waals surface area (Å²) in [6.07, 6.45) is 0. The lowest BCUT2D eigenvalue weighted by atomic mass is 10.2. The van der Waals surface area contributed by atoms with Crippen molar-refractivity contribution in [2.45, 2.75) is 13.1 Å². The molecule has 2 N–H and O–H groups in total. The third-order valence-corrected chi connectivity index (χ3v) is 3.28. The number of hydrogen-bond acceptors (Lipinski definition) is 2. The van der Waals surface area contributed by atoms with E-state index in [4.69, 9.17) is 23.8 Å². The van der Waals surface area contributed by atoms with Gasteiger partial charge in [0.25, 0.3) is 0 Å². The lowest BCUT2D eigenvalue weighted by molar-refractivity contribution is 0.625. The van der Waals surface area contributed by atoms with Crippen LogP contribution < -0.4 is 5.32 Å². The van der Waals surface area contributed by atoms with Crippen molar-refractivity contribution in [3.63, 3.8) is 0 Å². The van der Waals surface area contributed by atoms with Gasteiger partial charge in [-0.1, -0.05) is 11.6 Å². The molecule has 1 aliphatic heterocycles. The molecule has 0 saturated heterocycles. The Bertz CT molecular complexity index is 584. The molecule has 3 rings (SSSR count). The van der Waals surface area contributed by atoms with Crippen LogP contribution in [0.1, 0.15) is 5.56 Å². The van der Waals surface area contributed by atoms with Gasteiger partial charge in [-0.2, -0.15) is 0 Å². The van der Waals surface area contributed by atoms with Crippen molar-refractivity contribution in [1.29, 1.82) is 0 Å². The summed E-state index contributed by atoms with van der Waals surface area (Å²) in [5.41, 5.74) is 3.43. The maximum Gasteiger partial charge on any atom is 0.178 e. The number of nitrogens with one attached hydrogen (secondary N) is 2. The third-order valence-electron chi connectivity index (χ3n) is 2.74. The van der Waals surface area contributed by atoms with Crippen molar-refractivity contribution in [2.24, 2.45) is 0 Å². The molecule has 0 spiro atoms. The maximum atomic E-state index is 6.05. The fourth-order valence-corrected chi connectivity index (χ4v) is 2.65. The second kappa shape index (κ2) is 3.33. The van der Waals surface area contributed by atoms with Gasteiger partial charge in [-0.25, -0.2) is 0 Å². The number of rotatable bonds is 0. The van der Waals surface area contributed by atoms with E-state index in [1.54, 1.807) is 0 Å². The van der Waals surface area contributed by atoms with Gasteiger partial charge in [0.2, 0.25) is 0 Å². The van der Waals surface area contributed by atoms with Gasteiger partial charge in [0, 0.05) is 24.7 Å². The van der Waals surface area contributed by atoms with E-state index in [-0.39, 0.29) is 0 Å². The molecule has 2 heterocycles. The van der Waals surface area contributed by atoms with Crippen LogP contribution in [0.5, 0.6) is 0 Å². The summed E-state index contributed by atoms with van der Waals surface area (Å²) in [6.45, 7) is 2.70. The average Bonchev–Trinajstić information content (AvgIpc) is 2.39. The Morgan fingerprint density at radius 1 is 1.40 bits per heavy atom. The van der Waals surface area contributed by atoms with Crippen LogP contribution in [0.25, 0.3) is 11.0 Å². The van der Waals surface area contributed by atoms with Crippen LogP contribution in [0, 0.1) is 4.77 Å². The van der Waals surface area contributed by atoms with Crippen LogP contribution in [0.3, 0.4) is 0 Å². The Hall–Kier alpha value is -0.840. The molecule has 0 bridgehead atoms. The van der Waals surface area contributed by atoms with Gasteiger partial charge in [-0.3, -0.25) is 0 Å². The summed E-state index contributed by atoms with van der Waals surface area (Å²) >= 11 is 11.3. The van der Waals surface area contributed by atoms with E-state index in [9.17, 15) is 0 Å². The zero-order valence-electron chi connectivity index (χ0n) is 8.01. The molecule has 0 atom stereocenters. The molecule has 0 aliphatic carbocycles. The molecule has 2 aromatic rings. The van der Waals surface area contributed by atoms with Crippen LogP contribution in [0.15, 0.2) is 12.1 Å². The standard InChI is InChI=1S/C10H10ClN3S/c11-7-3-6-5-12-1-2-14-9(6)8(4-7)13-10(14)15/h3-4,12H,1-2,5H2,(H,13,15). The number of imidazole rings is 1. The number of benzene rings is 1. The van der Waals surface area contributed by atoms with E-state index in [0.29, 0.717) is 0 Å². The Kier molecular flexibility index (Phi) is 2.09. The molecule has 0 amide bonds. The van der Waals surface area contributed by atoms with Gasteiger partial charge in [0.05, 0.1) is 11.0 Å². The minimum absolute atomic E-state index is 0.754. The highest BCUT2D eigenvalue weighted by Crippen LogP contribution is 2.25. The number of aromatic amines is 1. The van der Waals surface area contributed by atoms with E-state index >= 15 is 0 Å². The van der Waals surface area contributed by atoms with E-state index < -0.39 is 0 Å². The molecular weight excluding hydrogens is 230 g/mol. The Balaban J connectivity index is 2.47. The van der Waals surface area contributed by atoms with E-state index in [2.05, 4.69) is 14.9 Å². The van der Waals surface area contributed by atoms with Crippen molar-refractivity contribution in [3.05, 3.63) is 27.5 Å². The smallest absolute Gasteiger partial charge is 0.178 e. The van der Waals surface area contributed by atoms with Crippen molar-refractivity contribution in [1.82, 2.24) is 14.9 Å². The summed E-state index contributed by atoms with van der Waals surface area (Å²) in [7, 11) is 0. The number of aromatic nitrogens is 2. The van der Waals surface area contributed by atoms with Gasteiger partial charge < -0.3 is 14.9 Å². The normalized spacial score (nSPS) is 15.5. The summed E-state index contributed by atoms with van der Waals surface area (Å²) in [6, 6.07) is 3.93. The lowest BCUT2D eigenvalue weighted by Crippen LogP contribution is -2.15. The topological polar surface area (TPSA) is 32.8 Å². The van der Waals surface area contributed by atoms with Gasteiger partial charge >= 0.3 is 0 Å². The Morgan fingerprint density at radius 3 is 3.13 bits per heavy atom. The number of nitrogens with zero attached hydrogens (tertiary/aromatic N) is 1. The Labute approximate surface area is 97.1 Å². The first-order valence-electron chi connectivity index (χ1n) is 4.87. The number of hydrogen-bond donors (Lipinski definition) is 2. The first kappa shape index (κ1) is 9.39. The molecule has 1 aromatic heterocycles. The molecule has 1 aromatic carbocycles. The molecule has 15 heavy (non-hydrogen) atoms. The number of H-pyrrole nitrogens is 1. The van der Waals surface area contributed by atoms with Crippen molar-refractivity contribution >= 4 is 34.9 Å². The molecular formula is C10H10ClN3S. The van der Waals surface area contributed by atoms with E-state index in [1.165, 1.54) is 11.1 Å². The maximum absolute atomic E-state index is 6.05. The first-order valence-corrected chi connectivity index (χ1v) is 5.66. The molecule has 1 aliphatic rings. The molecule has 0 fully saturated rings. The average molecular weight is 240 g/mol. The minimum Gasteiger partial charge on any atom is -0.331 e. The second-order valence-electron chi connectivity index (χ2n) is 3.72. The van der Waals surface area contributed by atoms with Crippen LogP contribution in [-0.2, 0) is 13.1 Å². The summed E-state index contributed by atoms with van der Waals surface area (Å²) < 4.78 is 2.91. The summed E-state index contributed by atoms with van der Waals surface area (Å²) in [4.78, 5) is 3.19. The molecule has 3 nitrogen and oxygen atoms in total. The molecule has 78 valence electrons. The molecule has 0 radical (unpaired) electrons. The highest BCUT2D eigenvalue weighted by Gasteiger charge is 2.13. The predicted molar refractivity (Wildman–Crippen MR) is 63.8 cm³/mol. The number of halogens is 1. The second-order valence-corrected chi connectivity index (χ2v) is 4.54. The summed E-state index contributed by atoms with van der Waals surface area (Å²) in [5.74, 6) is 0. The monoisotopic (exact) mass is 239 g/mol. The fourth-order valence-electron chi connectivity index (χ4n) is 2.12. The lowest BCUT2D eigenvalue weighted by Gasteiger charge is -2.02. The van der Waals surface area contributed by atoms with E-state index in [0.717, 1.165) is 34.9 Å². The first-order chi connectivity index (χ1) is 7.25. The fraction of sp³-hybridized carbons (Fsp3) is 0.300. The van der Waals surface area contributed by atoms with Gasteiger partial charge in [-0.05, 0) is 29.9 Å². The van der Waals surface area contributed by atoms with Gasteiger partial charge in [-0.15, -0.1) is 0 Å². The van der Waals surface area contributed by atoms with Crippen LogP contribution in [-0.4, -0.2) is 16.1 Å². The third kappa shape index (κ3) is 1.40. The van der Waals surface area contributed by atoms with E-state index in [1.807, 2.05) is 12.1 Å². The Morgan fingerprint density at radius 2 is 2.27 bits per heavy atom. The van der Waals surface area contributed by atoms with Gasteiger partial charge in [0.1, 0.15) is 0 Å².